The smallest absolute Gasteiger partial charge is 0.162 e. The van der Waals surface area contributed by atoms with Crippen LogP contribution in [0.2, 0.25) is 0 Å². The molecule has 0 bridgehead atoms. The highest BCUT2D eigenvalue weighted by atomic mass is 16.5. The first kappa shape index (κ1) is 9.67. The van der Waals surface area contributed by atoms with E-state index in [-0.39, 0.29) is 0 Å². The van der Waals surface area contributed by atoms with Gasteiger partial charge < -0.3 is 20.5 Å². The van der Waals surface area contributed by atoms with Gasteiger partial charge in [-0.3, -0.25) is 0 Å². The van der Waals surface area contributed by atoms with E-state index in [1.807, 2.05) is 18.2 Å². The molecule has 0 atom stereocenters. The minimum atomic E-state index is 0.398. The van der Waals surface area contributed by atoms with Crippen LogP contribution in [0, 0.1) is 0 Å². The van der Waals surface area contributed by atoms with Gasteiger partial charge in [0.1, 0.15) is 0 Å². The van der Waals surface area contributed by atoms with Gasteiger partial charge in [-0.15, -0.1) is 0 Å². The fraction of sp³-hybridized carbons (Fsp3) is 0.333. The van der Waals surface area contributed by atoms with Gasteiger partial charge in [-0.1, -0.05) is 0 Å². The number of ether oxygens (including phenoxy) is 2. The normalized spacial score (nSPS) is 9.46. The van der Waals surface area contributed by atoms with E-state index in [4.69, 9.17) is 15.2 Å². The molecule has 1 aromatic carbocycles. The van der Waals surface area contributed by atoms with Crippen LogP contribution in [-0.2, 0) is 0 Å². The molecule has 3 N–H and O–H groups in total. The van der Waals surface area contributed by atoms with Crippen LogP contribution in [0.15, 0.2) is 18.2 Å². The summed E-state index contributed by atoms with van der Waals surface area (Å²) in [5.74, 6) is 1.41. The molecule has 0 fully saturated rings. The van der Waals surface area contributed by atoms with E-state index in [0.29, 0.717) is 18.2 Å². The van der Waals surface area contributed by atoms with E-state index in [1.165, 1.54) is 0 Å². The maximum Gasteiger partial charge on any atom is 0.162 e. The largest absolute Gasteiger partial charge is 0.493 e. The van der Waals surface area contributed by atoms with Crippen LogP contribution in [-0.4, -0.2) is 20.9 Å². The molecule has 1 aromatic rings. The van der Waals surface area contributed by atoms with Crippen LogP contribution in [0.25, 0.3) is 0 Å². The van der Waals surface area contributed by atoms with Crippen molar-refractivity contribution in [2.75, 3.05) is 26.2 Å². The number of anilines is 1. The third-order valence-corrected chi connectivity index (χ3v) is 1.69. The summed E-state index contributed by atoms with van der Waals surface area (Å²) in [5.41, 5.74) is 6.26. The number of nitrogens with one attached hydrogen (secondary N) is 1. The lowest BCUT2D eigenvalue weighted by molar-refractivity contribution is 0.355. The number of nitrogens with two attached hydrogens (primary N) is 1. The molecule has 0 heterocycles. The van der Waals surface area contributed by atoms with E-state index in [2.05, 4.69) is 5.32 Å². The van der Waals surface area contributed by atoms with Gasteiger partial charge in [0, 0.05) is 11.8 Å². The van der Waals surface area contributed by atoms with Gasteiger partial charge >= 0.3 is 0 Å². The molecule has 0 radical (unpaired) electrons. The van der Waals surface area contributed by atoms with E-state index in [9.17, 15) is 0 Å². The zero-order valence-electron chi connectivity index (χ0n) is 7.83. The summed E-state index contributed by atoms with van der Waals surface area (Å²) in [6.07, 6.45) is 0. The van der Waals surface area contributed by atoms with E-state index < -0.39 is 0 Å². The van der Waals surface area contributed by atoms with Gasteiger partial charge in [0.2, 0.25) is 0 Å². The average molecular weight is 182 g/mol. The zero-order chi connectivity index (χ0) is 9.68. The first-order valence-corrected chi connectivity index (χ1v) is 3.97. The predicted molar refractivity (Wildman–Crippen MR) is 52.2 cm³/mol. The second kappa shape index (κ2) is 4.57. The molecule has 0 aliphatic carbocycles. The number of rotatable bonds is 4. The van der Waals surface area contributed by atoms with Crippen LogP contribution in [0.5, 0.6) is 11.5 Å². The quantitative estimate of drug-likeness (QED) is 0.683. The molecule has 0 saturated carbocycles. The summed E-state index contributed by atoms with van der Waals surface area (Å²) in [7, 11) is 3.21. The molecule has 4 nitrogen and oxygen atoms in total. The van der Waals surface area contributed by atoms with Crippen molar-refractivity contribution in [3.8, 4) is 11.5 Å². The molecule has 0 aromatic heterocycles. The highest BCUT2D eigenvalue weighted by Crippen LogP contribution is 2.29. The molecule has 4 heteroatoms. The van der Waals surface area contributed by atoms with E-state index in [0.717, 1.165) is 5.69 Å². The Kier molecular flexibility index (Phi) is 3.40. The van der Waals surface area contributed by atoms with Gasteiger partial charge in [0.25, 0.3) is 0 Å². The Hall–Kier alpha value is -1.42. The molecule has 0 spiro atoms. The summed E-state index contributed by atoms with van der Waals surface area (Å²) in [5, 5.41) is 2.98. The molecular weight excluding hydrogens is 168 g/mol. The van der Waals surface area contributed by atoms with Gasteiger partial charge in [0.15, 0.2) is 11.5 Å². The maximum atomic E-state index is 5.34. The number of hydrogen-bond donors (Lipinski definition) is 2. The lowest BCUT2D eigenvalue weighted by atomic mass is 10.3. The lowest BCUT2D eigenvalue weighted by Gasteiger charge is -2.09. The summed E-state index contributed by atoms with van der Waals surface area (Å²) < 4.78 is 10.2. The Labute approximate surface area is 77.6 Å². The van der Waals surface area contributed by atoms with Crippen molar-refractivity contribution in [1.82, 2.24) is 0 Å². The monoisotopic (exact) mass is 182 g/mol. The van der Waals surface area contributed by atoms with Gasteiger partial charge in [-0.2, -0.15) is 0 Å². The molecule has 0 saturated heterocycles. The van der Waals surface area contributed by atoms with Crippen LogP contribution in [0.4, 0.5) is 5.69 Å². The third kappa shape index (κ3) is 2.26. The highest BCUT2D eigenvalue weighted by molar-refractivity contribution is 5.54. The summed E-state index contributed by atoms with van der Waals surface area (Å²) in [6, 6.07) is 5.55. The van der Waals surface area contributed by atoms with Crippen molar-refractivity contribution < 1.29 is 9.47 Å². The second-order valence-electron chi connectivity index (χ2n) is 2.45. The summed E-state index contributed by atoms with van der Waals surface area (Å²) >= 11 is 0. The molecule has 13 heavy (non-hydrogen) atoms. The van der Waals surface area contributed by atoms with Gasteiger partial charge in [0.05, 0.1) is 20.9 Å². The standard InChI is InChI=1S/C9H14N2O2/c1-12-8-4-3-7(11-6-10)5-9(8)13-2/h3-5,11H,6,10H2,1-2H3. The average Bonchev–Trinajstić information content (AvgIpc) is 2.18. The molecule has 0 unspecified atom stereocenters. The van der Waals surface area contributed by atoms with Crippen LogP contribution in [0.3, 0.4) is 0 Å². The van der Waals surface area contributed by atoms with Crippen molar-refractivity contribution in [2.24, 2.45) is 5.73 Å². The number of methoxy groups -OCH3 is 2. The highest BCUT2D eigenvalue weighted by Gasteiger charge is 2.02. The Morgan fingerprint density at radius 3 is 2.46 bits per heavy atom. The third-order valence-electron chi connectivity index (χ3n) is 1.69. The molecule has 0 amide bonds. The molecule has 0 aliphatic rings. The van der Waals surface area contributed by atoms with Crippen molar-refractivity contribution in [1.29, 1.82) is 0 Å². The Balaban J connectivity index is 2.91. The summed E-state index contributed by atoms with van der Waals surface area (Å²) in [6.45, 7) is 0.398. The minimum Gasteiger partial charge on any atom is -0.493 e. The first-order chi connectivity index (χ1) is 6.31. The Bertz CT molecular complexity index is 276. The van der Waals surface area contributed by atoms with Crippen molar-refractivity contribution in [2.45, 2.75) is 0 Å². The van der Waals surface area contributed by atoms with Crippen molar-refractivity contribution in [3.63, 3.8) is 0 Å². The second-order valence-corrected chi connectivity index (χ2v) is 2.45. The lowest BCUT2D eigenvalue weighted by Crippen LogP contribution is -2.10. The van der Waals surface area contributed by atoms with E-state index in [1.54, 1.807) is 14.2 Å². The topological polar surface area (TPSA) is 56.5 Å². The van der Waals surface area contributed by atoms with E-state index >= 15 is 0 Å². The Morgan fingerprint density at radius 2 is 1.92 bits per heavy atom. The fourth-order valence-electron chi connectivity index (χ4n) is 1.06. The Morgan fingerprint density at radius 1 is 1.23 bits per heavy atom. The van der Waals surface area contributed by atoms with Crippen LogP contribution in [0.1, 0.15) is 0 Å². The molecule has 72 valence electrons. The number of benzene rings is 1. The maximum absolute atomic E-state index is 5.34. The van der Waals surface area contributed by atoms with Gasteiger partial charge in [-0.25, -0.2) is 0 Å². The zero-order valence-corrected chi connectivity index (χ0v) is 7.83. The van der Waals surface area contributed by atoms with Crippen molar-refractivity contribution in [3.05, 3.63) is 18.2 Å². The van der Waals surface area contributed by atoms with Crippen molar-refractivity contribution >= 4 is 5.69 Å². The SMILES string of the molecule is COc1ccc(NCN)cc1OC. The van der Waals surface area contributed by atoms with Crippen LogP contribution < -0.4 is 20.5 Å². The predicted octanol–water partition coefficient (Wildman–Crippen LogP) is 1.03. The molecular formula is C9H14N2O2. The first-order valence-electron chi connectivity index (χ1n) is 3.97. The van der Waals surface area contributed by atoms with Crippen LogP contribution >= 0.6 is 0 Å². The minimum absolute atomic E-state index is 0.398. The fourth-order valence-corrected chi connectivity index (χ4v) is 1.06. The molecule has 1 rings (SSSR count). The van der Waals surface area contributed by atoms with Gasteiger partial charge in [-0.05, 0) is 12.1 Å². The molecule has 0 aliphatic heterocycles. The number of hydrogen-bond acceptors (Lipinski definition) is 4. The summed E-state index contributed by atoms with van der Waals surface area (Å²) in [4.78, 5) is 0.